The molecule has 1 N–H and O–H groups in total. The molecule has 5 unspecified atom stereocenters. The number of fused-ring (bicyclic) bond motifs is 7. The molecule has 224 valence electrons. The Bertz CT molecular complexity index is 2060. The van der Waals surface area contributed by atoms with Gasteiger partial charge in [-0.3, -0.25) is 9.59 Å². The molecule has 0 radical (unpaired) electrons. The maximum Gasteiger partial charge on any atom is 0.244 e. The molecule has 8 rings (SSSR count). The predicted octanol–water partition coefficient (Wildman–Crippen LogP) is 3.77. The Hall–Kier alpha value is -5.18. The lowest BCUT2D eigenvalue weighted by Gasteiger charge is -2.33. The van der Waals surface area contributed by atoms with E-state index < -0.39 is 35.0 Å². The lowest BCUT2D eigenvalue weighted by molar-refractivity contribution is -0.134. The zero-order valence-electron chi connectivity index (χ0n) is 24.3. The van der Waals surface area contributed by atoms with E-state index in [1.807, 2.05) is 42.5 Å². The van der Waals surface area contributed by atoms with Gasteiger partial charge in [0.25, 0.3) is 0 Å². The molecule has 11 nitrogen and oxygen atoms in total. The van der Waals surface area contributed by atoms with Crippen LogP contribution in [0.2, 0.25) is 0 Å². The van der Waals surface area contributed by atoms with Gasteiger partial charge in [-0.25, -0.2) is 19.5 Å². The highest BCUT2D eigenvalue weighted by molar-refractivity contribution is 6.26. The van der Waals surface area contributed by atoms with Crippen LogP contribution in [-0.2, 0) is 20.9 Å². The van der Waals surface area contributed by atoms with Crippen LogP contribution in [0, 0.1) is 23.2 Å². The molecule has 5 atom stereocenters. The summed E-state index contributed by atoms with van der Waals surface area (Å²) in [5.41, 5.74) is 0.226. The fourth-order valence-corrected chi connectivity index (χ4v) is 7.62. The van der Waals surface area contributed by atoms with Gasteiger partial charge >= 0.3 is 0 Å². The second-order valence-electron chi connectivity index (χ2n) is 12.1. The number of hydrogen-bond acceptors (Lipinski definition) is 9. The minimum absolute atomic E-state index is 0.125. The van der Waals surface area contributed by atoms with Gasteiger partial charge < -0.3 is 14.6 Å². The molecule has 0 spiro atoms. The maximum absolute atomic E-state index is 14.2. The SMILES string of the molecule is CC12OC(CCOc3nn(Cc4ccccc4)c4ncncc34)(CC1O)C1C(=O)N(c3ccc(C#N)c4ccccc34)C(=O)C12. The van der Waals surface area contributed by atoms with Crippen molar-refractivity contribution in [3.05, 3.63) is 90.4 Å². The van der Waals surface area contributed by atoms with E-state index in [0.717, 1.165) is 5.56 Å². The van der Waals surface area contributed by atoms with Crippen LogP contribution in [0.3, 0.4) is 0 Å². The van der Waals surface area contributed by atoms with Crippen molar-refractivity contribution in [2.24, 2.45) is 11.8 Å². The quantitative estimate of drug-likeness (QED) is 0.276. The molecule has 2 bridgehead atoms. The smallest absolute Gasteiger partial charge is 0.244 e. The standard InChI is InChI=1S/C34H28N6O5/c1-33-26(41)15-34(45-33,13-14-44-30-24-17-36-19-37-29(24)39(38-30)18-20-7-3-2-4-8-20)28-27(33)31(42)40(32(28)43)25-12-11-21(16-35)22-9-5-6-10-23(22)25/h2-12,17,19,26-28,41H,13-15,18H2,1H3. The molecule has 5 heterocycles. The monoisotopic (exact) mass is 600 g/mol. The van der Waals surface area contributed by atoms with Crippen LogP contribution in [-0.4, -0.2) is 60.6 Å². The van der Waals surface area contributed by atoms with E-state index in [9.17, 15) is 20.0 Å². The van der Waals surface area contributed by atoms with Crippen LogP contribution in [0.15, 0.2) is 79.3 Å². The molecule has 3 aliphatic rings. The third-order valence-electron chi connectivity index (χ3n) is 9.69. The first-order chi connectivity index (χ1) is 21.8. The lowest BCUT2D eigenvalue weighted by Crippen LogP contribution is -2.49. The maximum atomic E-state index is 14.2. The van der Waals surface area contributed by atoms with E-state index >= 15 is 0 Å². The van der Waals surface area contributed by atoms with Crippen LogP contribution in [0.4, 0.5) is 5.69 Å². The van der Waals surface area contributed by atoms with E-state index in [4.69, 9.17) is 9.47 Å². The van der Waals surface area contributed by atoms with Crippen molar-refractivity contribution < 1.29 is 24.2 Å². The van der Waals surface area contributed by atoms with Gasteiger partial charge in [-0.15, -0.1) is 5.10 Å². The van der Waals surface area contributed by atoms with E-state index in [-0.39, 0.29) is 25.4 Å². The predicted molar refractivity (Wildman–Crippen MR) is 162 cm³/mol. The number of carbonyl (C=O) groups is 2. The number of benzene rings is 3. The fourth-order valence-electron chi connectivity index (χ4n) is 7.62. The van der Waals surface area contributed by atoms with Gasteiger partial charge in [0.2, 0.25) is 17.7 Å². The summed E-state index contributed by atoms with van der Waals surface area (Å²) in [5.74, 6) is -2.09. The summed E-state index contributed by atoms with van der Waals surface area (Å²) in [6.45, 7) is 2.34. The second-order valence-corrected chi connectivity index (χ2v) is 12.1. The van der Waals surface area contributed by atoms with Crippen molar-refractivity contribution in [1.29, 1.82) is 5.26 Å². The number of aliphatic hydroxyl groups is 1. The molecule has 11 heteroatoms. The normalized spacial score (nSPS) is 27.0. The van der Waals surface area contributed by atoms with E-state index in [0.29, 0.717) is 45.5 Å². The zero-order chi connectivity index (χ0) is 30.9. The van der Waals surface area contributed by atoms with Crippen LogP contribution in [0.1, 0.15) is 30.9 Å². The van der Waals surface area contributed by atoms with Crippen molar-refractivity contribution in [1.82, 2.24) is 19.7 Å². The molecule has 0 aliphatic carbocycles. The lowest BCUT2D eigenvalue weighted by atomic mass is 9.66. The molecule has 3 aromatic carbocycles. The van der Waals surface area contributed by atoms with E-state index in [1.165, 1.54) is 11.2 Å². The Balaban J connectivity index is 1.09. The van der Waals surface area contributed by atoms with Gasteiger partial charge in [-0.05, 0) is 24.6 Å². The number of imide groups is 1. The highest BCUT2D eigenvalue weighted by atomic mass is 16.6. The Labute approximate surface area is 257 Å². The number of aromatic nitrogens is 4. The molecule has 0 saturated carbocycles. The average molecular weight is 601 g/mol. The number of rotatable bonds is 7. The second kappa shape index (κ2) is 9.92. The van der Waals surface area contributed by atoms with Crippen molar-refractivity contribution >= 4 is 39.3 Å². The number of nitrogens with zero attached hydrogens (tertiary/aromatic N) is 6. The first kappa shape index (κ1) is 27.4. The minimum Gasteiger partial charge on any atom is -0.476 e. The Morgan fingerprint density at radius 3 is 2.58 bits per heavy atom. The summed E-state index contributed by atoms with van der Waals surface area (Å²) in [5, 5.41) is 27.4. The summed E-state index contributed by atoms with van der Waals surface area (Å²) in [4.78, 5) is 38.1. The third kappa shape index (κ3) is 3.92. The molecule has 3 saturated heterocycles. The summed E-state index contributed by atoms with van der Waals surface area (Å²) >= 11 is 0. The molecule has 45 heavy (non-hydrogen) atoms. The molecule has 5 aromatic rings. The molecular weight excluding hydrogens is 572 g/mol. The third-order valence-corrected chi connectivity index (χ3v) is 9.69. The van der Waals surface area contributed by atoms with Gasteiger partial charge in [0.15, 0.2) is 5.65 Å². The van der Waals surface area contributed by atoms with Gasteiger partial charge in [0, 0.05) is 29.8 Å². The number of hydrogen-bond donors (Lipinski definition) is 1. The van der Waals surface area contributed by atoms with Crippen molar-refractivity contribution in [3.63, 3.8) is 0 Å². The molecule has 2 aromatic heterocycles. The largest absolute Gasteiger partial charge is 0.476 e. The van der Waals surface area contributed by atoms with E-state index in [1.54, 1.807) is 42.1 Å². The van der Waals surface area contributed by atoms with E-state index in [2.05, 4.69) is 21.1 Å². The first-order valence-corrected chi connectivity index (χ1v) is 14.9. The zero-order valence-corrected chi connectivity index (χ0v) is 24.3. The first-order valence-electron chi connectivity index (χ1n) is 14.9. The van der Waals surface area contributed by atoms with Crippen LogP contribution < -0.4 is 9.64 Å². The van der Waals surface area contributed by atoms with Crippen molar-refractivity contribution in [2.45, 2.75) is 43.6 Å². The number of anilines is 1. The van der Waals surface area contributed by atoms with Crippen LogP contribution >= 0.6 is 0 Å². The number of carbonyl (C=O) groups excluding carboxylic acids is 2. The summed E-state index contributed by atoms with van der Waals surface area (Å²) in [6.07, 6.45) is 2.63. The van der Waals surface area contributed by atoms with Crippen molar-refractivity contribution in [3.8, 4) is 11.9 Å². The van der Waals surface area contributed by atoms with Gasteiger partial charge in [0.05, 0.1) is 54.0 Å². The Morgan fingerprint density at radius 1 is 1.02 bits per heavy atom. The molecule has 3 fully saturated rings. The molecular formula is C34H28N6O5. The van der Waals surface area contributed by atoms with Crippen molar-refractivity contribution in [2.75, 3.05) is 11.5 Å². The number of aliphatic hydroxyl groups excluding tert-OH is 1. The topological polar surface area (TPSA) is 143 Å². The molecule has 2 amide bonds. The fraction of sp³-hybridized carbons (Fsp3) is 0.294. The van der Waals surface area contributed by atoms with Crippen LogP contribution in [0.25, 0.3) is 21.8 Å². The summed E-state index contributed by atoms with van der Waals surface area (Å²) < 4.78 is 14.5. The number of amides is 2. The average Bonchev–Trinajstić information content (AvgIpc) is 3.71. The molecule has 3 aliphatic heterocycles. The van der Waals surface area contributed by atoms with Crippen LogP contribution in [0.5, 0.6) is 5.88 Å². The summed E-state index contributed by atoms with van der Waals surface area (Å²) in [7, 11) is 0. The minimum atomic E-state index is -1.23. The Kier molecular flexibility index (Phi) is 6.03. The summed E-state index contributed by atoms with van der Waals surface area (Å²) in [6, 6.07) is 22.6. The number of nitriles is 1. The number of ether oxygens (including phenoxy) is 2. The van der Waals surface area contributed by atoms with Gasteiger partial charge in [-0.1, -0.05) is 54.6 Å². The van der Waals surface area contributed by atoms with Gasteiger partial charge in [-0.2, -0.15) is 5.26 Å². The van der Waals surface area contributed by atoms with Gasteiger partial charge in [0.1, 0.15) is 17.3 Å². The highest BCUT2D eigenvalue weighted by Crippen LogP contribution is 2.62. The highest BCUT2D eigenvalue weighted by Gasteiger charge is 2.77. The Morgan fingerprint density at radius 2 is 1.78 bits per heavy atom.